The second kappa shape index (κ2) is 10.5. The topological polar surface area (TPSA) is 119 Å². The van der Waals surface area contributed by atoms with E-state index < -0.39 is 5.79 Å². The van der Waals surface area contributed by atoms with E-state index in [0.29, 0.717) is 49.1 Å². The zero-order valence-electron chi connectivity index (χ0n) is 21.8. The molecule has 204 valence electrons. The number of rotatable bonds is 8. The van der Waals surface area contributed by atoms with E-state index in [-0.39, 0.29) is 24.0 Å². The largest absolute Gasteiger partial charge is 0.491 e. The minimum atomic E-state index is -0.619. The smallest absolute Gasteiger partial charge is 0.329 e. The number of nitrogens with one attached hydrogen (secondary N) is 1. The number of ether oxygens (including phenoxy) is 3. The van der Waals surface area contributed by atoms with Gasteiger partial charge in [0.15, 0.2) is 17.4 Å². The van der Waals surface area contributed by atoms with Crippen LogP contribution >= 0.6 is 11.3 Å². The number of pyridine rings is 2. The molecular formula is C27H30N6O5S. The van der Waals surface area contributed by atoms with Gasteiger partial charge in [-0.3, -0.25) is 15.0 Å². The van der Waals surface area contributed by atoms with Crippen LogP contribution in [0.3, 0.4) is 0 Å². The van der Waals surface area contributed by atoms with Crippen molar-refractivity contribution in [1.82, 2.24) is 15.0 Å². The average molecular weight is 551 g/mol. The summed E-state index contributed by atoms with van der Waals surface area (Å²) in [5, 5.41) is 5.71. The Kier molecular flexibility index (Phi) is 6.92. The Morgan fingerprint density at radius 1 is 1.23 bits per heavy atom. The molecule has 3 aliphatic rings. The van der Waals surface area contributed by atoms with Crippen LogP contribution in [0.15, 0.2) is 42.0 Å². The average Bonchev–Trinajstić information content (AvgIpc) is 3.67. The molecule has 0 unspecified atom stereocenters. The highest BCUT2D eigenvalue weighted by molar-refractivity contribution is 7.09. The van der Waals surface area contributed by atoms with E-state index in [1.807, 2.05) is 25.3 Å². The molecule has 12 heteroatoms. The zero-order chi connectivity index (χ0) is 27.0. The molecule has 1 N–H and O–H groups in total. The van der Waals surface area contributed by atoms with Crippen molar-refractivity contribution in [1.29, 1.82) is 0 Å². The first kappa shape index (κ1) is 25.7. The van der Waals surface area contributed by atoms with E-state index >= 15 is 0 Å². The number of Topliss-reactive ketones (excluding diaryl/α,β-unsaturated/α-hetero) is 1. The van der Waals surface area contributed by atoms with Crippen molar-refractivity contribution in [3.05, 3.63) is 52.7 Å². The van der Waals surface area contributed by atoms with Crippen LogP contribution < -0.4 is 19.9 Å². The van der Waals surface area contributed by atoms with Gasteiger partial charge in [0.25, 0.3) is 0 Å². The van der Waals surface area contributed by atoms with Crippen LogP contribution in [-0.4, -0.2) is 71.0 Å². The fraction of sp³-hybridized carbons (Fsp3) is 0.444. The van der Waals surface area contributed by atoms with Crippen molar-refractivity contribution in [2.24, 2.45) is 0 Å². The third-order valence-corrected chi connectivity index (χ3v) is 7.81. The van der Waals surface area contributed by atoms with Crippen LogP contribution in [0.25, 0.3) is 0 Å². The van der Waals surface area contributed by atoms with Gasteiger partial charge in [-0.05, 0) is 38.5 Å². The normalized spacial score (nSPS) is 21.1. The Hall–Kier alpha value is -3.61. The molecule has 3 aliphatic heterocycles. The number of anilines is 3. The Balaban J connectivity index is 1.16. The van der Waals surface area contributed by atoms with E-state index in [9.17, 15) is 9.59 Å². The lowest BCUT2D eigenvalue weighted by Gasteiger charge is -2.35. The van der Waals surface area contributed by atoms with Gasteiger partial charge in [-0.15, -0.1) is 11.3 Å². The number of thiazole rings is 1. The van der Waals surface area contributed by atoms with Crippen LogP contribution in [0.5, 0.6) is 5.75 Å². The predicted molar refractivity (Wildman–Crippen MR) is 146 cm³/mol. The fourth-order valence-electron chi connectivity index (χ4n) is 5.13. The van der Waals surface area contributed by atoms with E-state index in [1.54, 1.807) is 35.5 Å². The van der Waals surface area contributed by atoms with Gasteiger partial charge in [-0.2, -0.15) is 0 Å². The summed E-state index contributed by atoms with van der Waals surface area (Å²) in [6.45, 7) is 6.05. The van der Waals surface area contributed by atoms with Crippen LogP contribution in [-0.2, 0) is 15.9 Å². The lowest BCUT2D eigenvalue weighted by Crippen LogP contribution is -2.48. The van der Waals surface area contributed by atoms with Gasteiger partial charge < -0.3 is 19.1 Å². The monoisotopic (exact) mass is 550 g/mol. The van der Waals surface area contributed by atoms with Crippen molar-refractivity contribution in [3.8, 4) is 5.75 Å². The first-order valence-electron chi connectivity index (χ1n) is 13.0. The number of urea groups is 1. The molecule has 6 heterocycles. The number of aryl methyl sites for hydroxylation is 1. The first-order chi connectivity index (χ1) is 18.8. The summed E-state index contributed by atoms with van der Waals surface area (Å²) in [5.41, 5.74) is 1.20. The third-order valence-electron chi connectivity index (χ3n) is 6.98. The number of aromatic nitrogens is 3. The summed E-state index contributed by atoms with van der Waals surface area (Å²) in [7, 11) is 0. The molecule has 2 fully saturated rings. The van der Waals surface area contributed by atoms with E-state index in [2.05, 4.69) is 25.2 Å². The van der Waals surface area contributed by atoms with E-state index in [1.165, 1.54) is 11.3 Å². The van der Waals surface area contributed by atoms with Gasteiger partial charge in [-0.25, -0.2) is 19.7 Å². The summed E-state index contributed by atoms with van der Waals surface area (Å²) in [6, 6.07) is 6.66. The summed E-state index contributed by atoms with van der Waals surface area (Å²) in [4.78, 5) is 43.6. The van der Waals surface area contributed by atoms with Crippen molar-refractivity contribution < 1.29 is 23.8 Å². The molecule has 0 radical (unpaired) electrons. The number of hydrogen-bond donors (Lipinski definition) is 1. The SMILES string of the molecule is CC1(C)OC[C@H](COc2ccnc(NC(=O)N3c4nc(C(=O)CCc5nccs5)ccc4N4CC[C@H]3C4)c2)O1. The highest BCUT2D eigenvalue weighted by Crippen LogP contribution is 2.39. The number of fused-ring (bicyclic) bond motifs is 4. The minimum absolute atomic E-state index is 0.0482. The molecule has 6 rings (SSSR count). The van der Waals surface area contributed by atoms with Gasteiger partial charge in [0.05, 0.1) is 23.3 Å². The molecule has 0 spiro atoms. The predicted octanol–water partition coefficient (Wildman–Crippen LogP) is 3.91. The van der Waals surface area contributed by atoms with Gasteiger partial charge in [-0.1, -0.05) is 0 Å². The molecule has 11 nitrogen and oxygen atoms in total. The molecule has 2 saturated heterocycles. The van der Waals surface area contributed by atoms with Gasteiger partial charge in [0, 0.05) is 49.8 Å². The maximum atomic E-state index is 13.6. The number of ketones is 1. The van der Waals surface area contributed by atoms with Crippen LogP contribution in [0.4, 0.5) is 22.1 Å². The van der Waals surface area contributed by atoms with E-state index in [0.717, 1.165) is 30.2 Å². The maximum Gasteiger partial charge on any atom is 0.329 e. The third kappa shape index (κ3) is 5.58. The molecule has 39 heavy (non-hydrogen) atoms. The maximum absolute atomic E-state index is 13.6. The first-order valence-corrected chi connectivity index (χ1v) is 13.9. The molecule has 3 aromatic rings. The van der Waals surface area contributed by atoms with E-state index in [4.69, 9.17) is 14.2 Å². The highest BCUT2D eigenvalue weighted by Gasteiger charge is 2.40. The standard InChI is InChI=1S/C27H30N6O5S/c1-27(2)37-16-19(38-27)15-36-18-7-9-28-23(13-18)31-26(35)33-17-8-11-32(14-17)21-4-3-20(30-25(21)33)22(34)5-6-24-29-10-12-39-24/h3-4,7,9-10,12-13,17,19H,5-6,8,11,14-16H2,1-2H3,(H,28,31,35)/t17-,19-/m0/s1. The molecule has 2 bridgehead atoms. The lowest BCUT2D eigenvalue weighted by molar-refractivity contribution is -0.141. The fourth-order valence-corrected chi connectivity index (χ4v) is 5.75. The Morgan fingerprint density at radius 2 is 2.13 bits per heavy atom. The van der Waals surface area contributed by atoms with Gasteiger partial charge in [0.2, 0.25) is 0 Å². The summed E-state index contributed by atoms with van der Waals surface area (Å²) >= 11 is 1.53. The minimum Gasteiger partial charge on any atom is -0.491 e. The molecular weight excluding hydrogens is 520 g/mol. The van der Waals surface area contributed by atoms with Crippen LogP contribution in [0.2, 0.25) is 0 Å². The molecule has 2 amide bonds. The lowest BCUT2D eigenvalue weighted by atomic mass is 10.1. The second-order valence-electron chi connectivity index (χ2n) is 10.2. The molecule has 0 aromatic carbocycles. The Labute approximate surface area is 230 Å². The second-order valence-corrected chi connectivity index (χ2v) is 11.2. The Morgan fingerprint density at radius 3 is 2.92 bits per heavy atom. The number of carbonyl (C=O) groups is 2. The number of hydrogen-bond acceptors (Lipinski definition) is 10. The zero-order valence-corrected chi connectivity index (χ0v) is 22.6. The number of carbonyl (C=O) groups excluding carboxylic acids is 2. The van der Waals surface area contributed by atoms with Crippen molar-refractivity contribution in [2.75, 3.05) is 41.4 Å². The summed E-state index contributed by atoms with van der Waals surface area (Å²) in [6.07, 6.45) is 4.83. The molecule has 0 saturated carbocycles. The Bertz CT molecular complexity index is 1370. The number of nitrogens with zero attached hydrogens (tertiary/aromatic N) is 5. The quantitative estimate of drug-likeness (QED) is 0.416. The van der Waals surface area contributed by atoms with Crippen molar-refractivity contribution in [2.45, 2.75) is 51.0 Å². The van der Waals surface area contributed by atoms with Gasteiger partial charge in [0.1, 0.15) is 30.0 Å². The highest BCUT2D eigenvalue weighted by atomic mass is 32.1. The molecule has 0 aliphatic carbocycles. The summed E-state index contributed by atoms with van der Waals surface area (Å²) in [5.74, 6) is 0.721. The van der Waals surface area contributed by atoms with Gasteiger partial charge >= 0.3 is 6.03 Å². The number of amides is 2. The molecule has 3 aromatic heterocycles. The van der Waals surface area contributed by atoms with Crippen molar-refractivity contribution >= 4 is 40.5 Å². The molecule has 2 atom stereocenters. The summed E-state index contributed by atoms with van der Waals surface area (Å²) < 4.78 is 17.2. The van der Waals surface area contributed by atoms with Crippen LogP contribution in [0.1, 0.15) is 42.2 Å². The van der Waals surface area contributed by atoms with Crippen LogP contribution in [0, 0.1) is 0 Å². The van der Waals surface area contributed by atoms with Crippen molar-refractivity contribution in [3.63, 3.8) is 0 Å².